The smallest absolute Gasteiger partial charge is 0.343 e. The zero-order valence-electron chi connectivity index (χ0n) is 17.1. The van der Waals surface area contributed by atoms with Crippen molar-refractivity contribution >= 4 is 40.5 Å². The molecule has 0 saturated heterocycles. The average Bonchev–Trinajstić information content (AvgIpc) is 3.27. The number of anilines is 1. The van der Waals surface area contributed by atoms with E-state index in [2.05, 4.69) is 53.6 Å². The lowest BCUT2D eigenvalue weighted by Gasteiger charge is -2.29. The number of hydrogen-bond acceptors (Lipinski definition) is 9. The Morgan fingerprint density at radius 2 is 2.29 bits per heavy atom. The Morgan fingerprint density at radius 3 is 3.06 bits per heavy atom. The fourth-order valence-corrected chi connectivity index (χ4v) is 3.46. The SMILES string of the molecule is COC(=O)c1cc(Br)cnc1OCCCC(C)N1C=NNC1c1cccc(NC=O)n1. The lowest BCUT2D eigenvalue weighted by Crippen LogP contribution is -2.36. The van der Waals surface area contributed by atoms with Gasteiger partial charge in [0.1, 0.15) is 17.7 Å². The Bertz CT molecular complexity index is 957. The molecule has 0 aliphatic carbocycles. The van der Waals surface area contributed by atoms with E-state index in [-0.39, 0.29) is 23.7 Å². The lowest BCUT2D eigenvalue weighted by atomic mass is 10.1. The predicted octanol–water partition coefficient (Wildman–Crippen LogP) is 2.69. The Morgan fingerprint density at radius 1 is 1.45 bits per heavy atom. The van der Waals surface area contributed by atoms with E-state index in [9.17, 15) is 9.59 Å². The van der Waals surface area contributed by atoms with Crippen LogP contribution in [0.25, 0.3) is 0 Å². The number of halogens is 1. The van der Waals surface area contributed by atoms with E-state index in [1.807, 2.05) is 12.1 Å². The minimum atomic E-state index is -0.502. The van der Waals surface area contributed by atoms with Crippen molar-refractivity contribution in [1.82, 2.24) is 20.3 Å². The van der Waals surface area contributed by atoms with Crippen LogP contribution in [-0.4, -0.2) is 53.3 Å². The number of hydrogen-bond donors (Lipinski definition) is 2. The summed E-state index contributed by atoms with van der Waals surface area (Å²) in [5.74, 6) is 0.220. The maximum atomic E-state index is 11.9. The second-order valence-electron chi connectivity index (χ2n) is 6.77. The Kier molecular flexibility index (Phi) is 7.76. The molecular weight excluding hydrogens is 468 g/mol. The first-order valence-electron chi connectivity index (χ1n) is 9.63. The van der Waals surface area contributed by atoms with Crippen molar-refractivity contribution in [1.29, 1.82) is 0 Å². The molecule has 2 aromatic heterocycles. The van der Waals surface area contributed by atoms with Crippen molar-refractivity contribution < 1.29 is 19.1 Å². The quantitative estimate of drug-likeness (QED) is 0.296. The molecular formula is C20H23BrN6O4. The zero-order valence-corrected chi connectivity index (χ0v) is 18.7. The second-order valence-corrected chi connectivity index (χ2v) is 7.69. The van der Waals surface area contributed by atoms with E-state index in [1.54, 1.807) is 24.7 Å². The largest absolute Gasteiger partial charge is 0.477 e. The minimum Gasteiger partial charge on any atom is -0.477 e. The predicted molar refractivity (Wildman–Crippen MR) is 118 cm³/mol. The van der Waals surface area contributed by atoms with E-state index < -0.39 is 5.97 Å². The highest BCUT2D eigenvalue weighted by atomic mass is 79.9. The van der Waals surface area contributed by atoms with E-state index >= 15 is 0 Å². The van der Waals surface area contributed by atoms with Gasteiger partial charge in [0, 0.05) is 16.7 Å². The standard InChI is InChI=1S/C20H23BrN6O4/c1-13(5-4-8-31-19-15(20(29)30-2)9-14(21)10-22-19)27-11-24-26-18(27)16-6-3-7-17(25-16)23-12-28/h3,6-7,9-13,18,26H,4-5,8H2,1-2H3,(H,23,25,28). The highest BCUT2D eigenvalue weighted by Gasteiger charge is 2.27. The van der Waals surface area contributed by atoms with Gasteiger partial charge in [-0.2, -0.15) is 5.10 Å². The molecule has 31 heavy (non-hydrogen) atoms. The van der Waals surface area contributed by atoms with Crippen LogP contribution < -0.4 is 15.5 Å². The van der Waals surface area contributed by atoms with Crippen molar-refractivity contribution in [2.45, 2.75) is 32.0 Å². The number of carbonyl (C=O) groups excluding carboxylic acids is 2. The van der Waals surface area contributed by atoms with Crippen molar-refractivity contribution in [2.75, 3.05) is 19.0 Å². The van der Waals surface area contributed by atoms with Crippen LogP contribution in [0.4, 0.5) is 5.82 Å². The van der Waals surface area contributed by atoms with Crippen molar-refractivity contribution in [3.63, 3.8) is 0 Å². The monoisotopic (exact) mass is 490 g/mol. The van der Waals surface area contributed by atoms with Crippen molar-refractivity contribution in [2.24, 2.45) is 5.10 Å². The number of nitrogens with one attached hydrogen (secondary N) is 2. The van der Waals surface area contributed by atoms with Crippen LogP contribution in [-0.2, 0) is 9.53 Å². The first kappa shape index (κ1) is 22.5. The lowest BCUT2D eigenvalue weighted by molar-refractivity contribution is -0.105. The summed E-state index contributed by atoms with van der Waals surface area (Å²) in [6.45, 7) is 2.47. The molecule has 2 aromatic rings. The molecule has 0 aromatic carbocycles. The van der Waals surface area contributed by atoms with Gasteiger partial charge >= 0.3 is 5.97 Å². The molecule has 0 spiro atoms. The summed E-state index contributed by atoms with van der Waals surface area (Å²) in [5.41, 5.74) is 4.06. The maximum Gasteiger partial charge on any atom is 0.343 e. The minimum absolute atomic E-state index is 0.134. The highest BCUT2D eigenvalue weighted by Crippen LogP contribution is 2.24. The maximum absolute atomic E-state index is 11.9. The van der Waals surface area contributed by atoms with E-state index in [1.165, 1.54) is 7.11 Å². The molecule has 1 aliphatic heterocycles. The van der Waals surface area contributed by atoms with Gasteiger partial charge in [0.2, 0.25) is 12.3 Å². The molecule has 2 N–H and O–H groups in total. The molecule has 3 rings (SSSR count). The highest BCUT2D eigenvalue weighted by molar-refractivity contribution is 9.10. The van der Waals surface area contributed by atoms with Gasteiger partial charge in [-0.3, -0.25) is 10.2 Å². The van der Waals surface area contributed by atoms with Gasteiger partial charge < -0.3 is 19.7 Å². The van der Waals surface area contributed by atoms with Gasteiger partial charge in [-0.05, 0) is 53.9 Å². The van der Waals surface area contributed by atoms with E-state index in [0.717, 1.165) is 18.5 Å². The van der Waals surface area contributed by atoms with Crippen LogP contribution in [0.5, 0.6) is 5.88 Å². The summed E-state index contributed by atoms with van der Waals surface area (Å²) in [5, 5.41) is 6.72. The molecule has 0 saturated carbocycles. The third-order valence-corrected chi connectivity index (χ3v) is 5.11. The summed E-state index contributed by atoms with van der Waals surface area (Å²) in [6, 6.07) is 7.18. The molecule has 11 heteroatoms. The molecule has 2 unspecified atom stereocenters. The van der Waals surface area contributed by atoms with Crippen molar-refractivity contribution in [3.8, 4) is 5.88 Å². The molecule has 10 nitrogen and oxygen atoms in total. The number of rotatable bonds is 10. The van der Waals surface area contributed by atoms with E-state index in [0.29, 0.717) is 23.3 Å². The molecule has 1 amide bonds. The second kappa shape index (κ2) is 10.7. The van der Waals surface area contributed by atoms with Crippen molar-refractivity contribution in [3.05, 3.63) is 46.2 Å². The van der Waals surface area contributed by atoms with E-state index in [4.69, 9.17) is 9.47 Å². The third-order valence-electron chi connectivity index (χ3n) is 4.68. The van der Waals surface area contributed by atoms with Gasteiger partial charge in [0.25, 0.3) is 0 Å². The number of hydrazone groups is 1. The molecule has 0 fully saturated rings. The molecule has 2 atom stereocenters. The Hall–Kier alpha value is -3.21. The Balaban J connectivity index is 1.56. The van der Waals surface area contributed by atoms with Crippen LogP contribution in [0, 0.1) is 0 Å². The van der Waals surface area contributed by atoms with Gasteiger partial charge in [0.05, 0.1) is 19.4 Å². The number of carbonyl (C=O) groups is 2. The summed E-state index contributed by atoms with van der Waals surface area (Å²) in [6.07, 6.45) is 5.21. The van der Waals surface area contributed by atoms with Gasteiger partial charge in [-0.1, -0.05) is 6.07 Å². The van der Waals surface area contributed by atoms with Crippen LogP contribution >= 0.6 is 15.9 Å². The Labute approximate surface area is 188 Å². The number of amides is 1. The number of aromatic nitrogens is 2. The summed E-state index contributed by atoms with van der Waals surface area (Å²) >= 11 is 3.29. The number of esters is 1. The molecule has 164 valence electrons. The van der Waals surface area contributed by atoms with Gasteiger partial charge in [0.15, 0.2) is 6.17 Å². The molecule has 0 bridgehead atoms. The summed E-state index contributed by atoms with van der Waals surface area (Å²) in [4.78, 5) is 33.3. The van der Waals surface area contributed by atoms with Crippen LogP contribution in [0.3, 0.4) is 0 Å². The first-order valence-corrected chi connectivity index (χ1v) is 10.4. The summed E-state index contributed by atoms with van der Waals surface area (Å²) in [7, 11) is 1.32. The van der Waals surface area contributed by atoms with Crippen LogP contribution in [0.1, 0.15) is 42.0 Å². The third kappa shape index (κ3) is 5.69. The number of nitrogens with zero attached hydrogens (tertiary/aromatic N) is 4. The average molecular weight is 491 g/mol. The zero-order chi connectivity index (χ0) is 22.2. The van der Waals surface area contributed by atoms with Gasteiger partial charge in [-0.15, -0.1) is 0 Å². The molecule has 3 heterocycles. The van der Waals surface area contributed by atoms with Crippen LogP contribution in [0.2, 0.25) is 0 Å². The fraction of sp³-hybridized carbons (Fsp3) is 0.350. The first-order chi connectivity index (χ1) is 15.0. The molecule has 0 radical (unpaired) electrons. The number of pyridine rings is 2. The topological polar surface area (TPSA) is 118 Å². The normalized spacial score (nSPS) is 15.8. The van der Waals surface area contributed by atoms with Crippen LogP contribution in [0.15, 0.2) is 40.0 Å². The molecule has 1 aliphatic rings. The fourth-order valence-electron chi connectivity index (χ4n) is 3.13. The number of ether oxygens (including phenoxy) is 2. The van der Waals surface area contributed by atoms with Gasteiger partial charge in [-0.25, -0.2) is 14.8 Å². The number of methoxy groups -OCH3 is 1. The summed E-state index contributed by atoms with van der Waals surface area (Å²) < 4.78 is 11.2.